The molecule has 10 heteroatoms. The molecule has 0 rings (SSSR count). The molecule has 2 N–H and O–H groups in total. The van der Waals surface area contributed by atoms with E-state index in [1.165, 1.54) is 122 Å². The Kier molecular flexibility index (Phi) is 28.6. The van der Waals surface area contributed by atoms with Crippen LogP contribution >= 0.6 is 7.82 Å². The Morgan fingerprint density at radius 3 is 1.39 bits per heavy atom. The van der Waals surface area contributed by atoms with Crippen molar-refractivity contribution in [2.24, 2.45) is 0 Å². The molecule has 0 saturated heterocycles. The lowest BCUT2D eigenvalue weighted by Gasteiger charge is -2.32. The summed E-state index contributed by atoms with van der Waals surface area (Å²) in [6.07, 6.45) is 28.0. The Balaban J connectivity index is 3.78. The molecule has 0 aliphatic carbocycles. The Labute approximate surface area is 270 Å². The summed E-state index contributed by atoms with van der Waals surface area (Å²) in [4.78, 5) is 29.0. The highest BCUT2D eigenvalue weighted by atomic mass is 31.2. The number of likely N-dealkylation sites (N-methyl/N-ethyl adjacent to an activating group) is 1. The molecule has 0 saturated carbocycles. The minimum Gasteiger partial charge on any atom is -0.756 e. The number of carbonyl (C=O) groups excluding carboxylic acids is 1. The van der Waals surface area contributed by atoms with Gasteiger partial charge in [-0.05, 0) is 6.42 Å². The highest BCUT2D eigenvalue weighted by molar-refractivity contribution is 7.45. The summed E-state index contributed by atoms with van der Waals surface area (Å²) in [5, 5.41) is 17.6. The number of nitrogens with zero attached hydrogens (tertiary/aromatic N) is 1. The molecule has 0 fully saturated rings. The van der Waals surface area contributed by atoms with Gasteiger partial charge >= 0.3 is 0 Å². The molecule has 0 amide bonds. The predicted molar refractivity (Wildman–Crippen MR) is 177 cm³/mol. The van der Waals surface area contributed by atoms with Crippen LogP contribution in [0.3, 0.4) is 0 Å². The van der Waals surface area contributed by atoms with Gasteiger partial charge in [0.05, 0.1) is 34.4 Å². The number of phosphoric ester groups is 1. The second kappa shape index (κ2) is 28.8. The first-order valence-electron chi connectivity index (χ1n) is 17.9. The van der Waals surface area contributed by atoms with E-state index in [4.69, 9.17) is 19.4 Å². The Morgan fingerprint density at radius 1 is 0.705 bits per heavy atom. The second-order valence-corrected chi connectivity index (χ2v) is 15.1. The molecule has 2 unspecified atom stereocenters. The SMILES string of the molecule is CCCCCCCCCCCCCCCCCCCCCCCCCC(=O)C(C[N+](C)(C)C)OP(=O)([O-])OC[C@@H](CO)OO. The fraction of sp³-hybridized carbons (Fsp3) is 0.971. The van der Waals surface area contributed by atoms with E-state index in [2.05, 4.69) is 11.8 Å². The van der Waals surface area contributed by atoms with Crippen molar-refractivity contribution >= 4 is 13.6 Å². The lowest BCUT2D eigenvalue weighted by atomic mass is 10.0. The molecule has 0 bridgehead atoms. The first-order chi connectivity index (χ1) is 21.0. The predicted octanol–water partition coefficient (Wildman–Crippen LogP) is 8.36. The van der Waals surface area contributed by atoms with E-state index in [0.29, 0.717) is 10.9 Å². The van der Waals surface area contributed by atoms with Crippen LogP contribution in [0.4, 0.5) is 0 Å². The first-order valence-corrected chi connectivity index (χ1v) is 19.4. The van der Waals surface area contributed by atoms with Gasteiger partial charge in [0.1, 0.15) is 12.6 Å². The maximum atomic E-state index is 12.8. The Bertz CT molecular complexity index is 699. The number of quaternary nitrogens is 1. The molecule has 0 heterocycles. The van der Waals surface area contributed by atoms with Crippen molar-refractivity contribution in [3.8, 4) is 0 Å². The minimum absolute atomic E-state index is 0.174. The summed E-state index contributed by atoms with van der Waals surface area (Å²) in [7, 11) is 0.711. The molecule has 0 radical (unpaired) electrons. The van der Waals surface area contributed by atoms with Crippen molar-refractivity contribution in [1.82, 2.24) is 0 Å². The third-order valence-corrected chi connectivity index (χ3v) is 9.10. The van der Waals surface area contributed by atoms with E-state index in [1.54, 1.807) is 0 Å². The van der Waals surface area contributed by atoms with Crippen LogP contribution in [0.1, 0.15) is 161 Å². The smallest absolute Gasteiger partial charge is 0.268 e. The average molecular weight is 652 g/mol. The number of aliphatic hydroxyl groups excluding tert-OH is 1. The number of hydrogen-bond acceptors (Lipinski definition) is 8. The molecular weight excluding hydrogens is 581 g/mol. The summed E-state index contributed by atoms with van der Waals surface area (Å²) in [6.45, 7) is 1.21. The first kappa shape index (κ1) is 43.6. The fourth-order valence-electron chi connectivity index (χ4n) is 5.41. The lowest BCUT2D eigenvalue weighted by Crippen LogP contribution is -2.45. The van der Waals surface area contributed by atoms with Crippen molar-refractivity contribution in [2.75, 3.05) is 40.9 Å². The number of unbranched alkanes of at least 4 members (excludes halogenated alkanes) is 22. The zero-order valence-electron chi connectivity index (χ0n) is 29.0. The fourth-order valence-corrected chi connectivity index (χ4v) is 6.32. The molecule has 0 aromatic heterocycles. The van der Waals surface area contributed by atoms with Crippen LogP contribution < -0.4 is 4.89 Å². The standard InChI is InChI=1S/C34H70NO8P/c1-5-6-7-8-9-10-11-12-13-14-15-16-17-18-19-20-21-22-23-24-25-26-27-28-33(37)34(29-35(2,3)4)43-44(39,40)41-31-32(30-36)42-38/h32,34,36H,5-31H2,1-4H3,(H-,38,39,40)/t32-,34?/m1/s1. The molecule has 0 aromatic rings. The number of ketones is 1. The highest BCUT2D eigenvalue weighted by Gasteiger charge is 2.30. The topological polar surface area (TPSA) is 125 Å². The van der Waals surface area contributed by atoms with Gasteiger partial charge in [0.2, 0.25) is 0 Å². The summed E-state index contributed by atoms with van der Waals surface area (Å²) in [5.41, 5.74) is 0. The van der Waals surface area contributed by atoms with Crippen LogP contribution in [-0.2, 0) is 23.3 Å². The normalized spacial score (nSPS) is 14.9. The van der Waals surface area contributed by atoms with Gasteiger partial charge in [-0.1, -0.05) is 148 Å². The molecular formula is C34H70NO8P. The van der Waals surface area contributed by atoms with Gasteiger partial charge in [-0.2, -0.15) is 0 Å². The van der Waals surface area contributed by atoms with Gasteiger partial charge in [0.15, 0.2) is 11.9 Å². The van der Waals surface area contributed by atoms with Crippen LogP contribution in [0.2, 0.25) is 0 Å². The van der Waals surface area contributed by atoms with Gasteiger partial charge in [-0.25, -0.2) is 4.89 Å². The second-order valence-electron chi connectivity index (χ2n) is 13.7. The van der Waals surface area contributed by atoms with Crippen molar-refractivity contribution in [2.45, 2.75) is 173 Å². The monoisotopic (exact) mass is 651 g/mol. The van der Waals surface area contributed by atoms with Crippen molar-refractivity contribution in [1.29, 1.82) is 0 Å². The lowest BCUT2D eigenvalue weighted by molar-refractivity contribution is -0.872. The maximum absolute atomic E-state index is 12.8. The summed E-state index contributed by atoms with van der Waals surface area (Å²) >= 11 is 0. The van der Waals surface area contributed by atoms with Gasteiger partial charge in [0.25, 0.3) is 7.82 Å². The van der Waals surface area contributed by atoms with Crippen LogP contribution in [-0.4, -0.2) is 73.7 Å². The van der Waals surface area contributed by atoms with Crippen molar-refractivity contribution in [3.63, 3.8) is 0 Å². The van der Waals surface area contributed by atoms with Crippen LogP contribution in [0.25, 0.3) is 0 Å². The van der Waals surface area contributed by atoms with Crippen molar-refractivity contribution in [3.05, 3.63) is 0 Å². The van der Waals surface area contributed by atoms with Crippen LogP contribution in [0.15, 0.2) is 0 Å². The van der Waals surface area contributed by atoms with Crippen molar-refractivity contribution < 1.29 is 43.0 Å². The van der Waals surface area contributed by atoms with E-state index in [-0.39, 0.29) is 18.7 Å². The van der Waals surface area contributed by atoms with E-state index in [0.717, 1.165) is 19.3 Å². The molecule has 264 valence electrons. The largest absolute Gasteiger partial charge is 0.756 e. The number of Topliss-reactive ketones (excluding diaryl/α,β-unsaturated/α-hetero) is 1. The van der Waals surface area contributed by atoms with Gasteiger partial charge in [-0.3, -0.25) is 14.6 Å². The maximum Gasteiger partial charge on any atom is 0.268 e. The Morgan fingerprint density at radius 2 is 1.07 bits per heavy atom. The zero-order valence-corrected chi connectivity index (χ0v) is 29.9. The van der Waals surface area contributed by atoms with E-state index >= 15 is 0 Å². The van der Waals surface area contributed by atoms with Crippen LogP contribution in [0, 0.1) is 0 Å². The molecule has 0 aliphatic rings. The third-order valence-electron chi connectivity index (χ3n) is 8.13. The van der Waals surface area contributed by atoms with E-state index in [9.17, 15) is 14.3 Å². The average Bonchev–Trinajstić information content (AvgIpc) is 2.96. The number of phosphoric acid groups is 1. The number of hydrogen-bond donors (Lipinski definition) is 2. The summed E-state index contributed by atoms with van der Waals surface area (Å²) in [6, 6.07) is 0. The minimum atomic E-state index is -4.83. The molecule has 3 atom stereocenters. The molecule has 44 heavy (non-hydrogen) atoms. The molecule has 9 nitrogen and oxygen atoms in total. The quantitative estimate of drug-likeness (QED) is 0.0234. The third kappa shape index (κ3) is 29.1. The van der Waals surface area contributed by atoms with Gasteiger partial charge in [-0.15, -0.1) is 0 Å². The molecule has 0 aliphatic heterocycles. The highest BCUT2D eigenvalue weighted by Crippen LogP contribution is 2.40. The van der Waals surface area contributed by atoms with E-state index in [1.807, 2.05) is 21.1 Å². The van der Waals surface area contributed by atoms with Crippen LogP contribution in [0.5, 0.6) is 0 Å². The molecule has 0 spiro atoms. The summed E-state index contributed by atoms with van der Waals surface area (Å²) in [5.74, 6) is -0.265. The van der Waals surface area contributed by atoms with Gasteiger partial charge in [0, 0.05) is 6.42 Å². The number of carbonyl (C=O) groups is 1. The van der Waals surface area contributed by atoms with E-state index < -0.39 is 33.2 Å². The zero-order chi connectivity index (χ0) is 32.9. The van der Waals surface area contributed by atoms with Gasteiger partial charge < -0.3 is 23.5 Å². The summed E-state index contributed by atoms with van der Waals surface area (Å²) < 4.78 is 22.4. The Hall–Kier alpha value is -0.380. The number of aliphatic hydroxyl groups is 1. The molecule has 0 aromatic carbocycles. The number of rotatable bonds is 34.